The highest BCUT2D eigenvalue weighted by Crippen LogP contribution is 2.30. The molecule has 0 spiro atoms. The molecule has 3 rings (SSSR count). The molecule has 1 aromatic carbocycles. The summed E-state index contributed by atoms with van der Waals surface area (Å²) >= 11 is 0. The van der Waals surface area contributed by atoms with Crippen molar-refractivity contribution in [3.05, 3.63) is 53.3 Å². The Bertz CT molecular complexity index is 672. The standard InChI is InChI=1S/C19H24N2O2/c1-4-17-13-21(12-16-7-5-6-14(2)20-16)11-15-10-18(22-3)8-9-19(15)23-17/h5-10,17H,4,11-13H2,1-3H3/t17-/m0/s1. The van der Waals surface area contributed by atoms with E-state index in [1.54, 1.807) is 7.11 Å². The SMILES string of the molecule is CC[C@H]1CN(Cc2cccc(C)n2)Cc2cc(OC)ccc2O1. The highest BCUT2D eigenvalue weighted by molar-refractivity contribution is 5.41. The zero-order chi connectivity index (χ0) is 16.2. The number of aromatic nitrogens is 1. The second kappa shape index (κ2) is 7.01. The van der Waals surface area contributed by atoms with E-state index >= 15 is 0 Å². The van der Waals surface area contributed by atoms with Crippen molar-refractivity contribution < 1.29 is 9.47 Å². The molecule has 2 aromatic rings. The number of benzene rings is 1. The van der Waals surface area contributed by atoms with Crippen molar-refractivity contribution in [1.29, 1.82) is 0 Å². The van der Waals surface area contributed by atoms with Gasteiger partial charge in [-0.25, -0.2) is 0 Å². The number of hydrogen-bond acceptors (Lipinski definition) is 4. The molecule has 23 heavy (non-hydrogen) atoms. The summed E-state index contributed by atoms with van der Waals surface area (Å²) in [6.45, 7) is 6.78. The molecule has 2 heterocycles. The average Bonchev–Trinajstić information content (AvgIpc) is 2.72. The maximum absolute atomic E-state index is 6.18. The van der Waals surface area contributed by atoms with Crippen LogP contribution in [0.4, 0.5) is 0 Å². The summed E-state index contributed by atoms with van der Waals surface area (Å²) in [5.41, 5.74) is 3.34. The maximum atomic E-state index is 6.18. The van der Waals surface area contributed by atoms with Crippen molar-refractivity contribution in [3.8, 4) is 11.5 Å². The third kappa shape index (κ3) is 3.82. The normalized spacial score (nSPS) is 18.0. The number of aryl methyl sites for hydroxylation is 1. The van der Waals surface area contributed by atoms with E-state index in [-0.39, 0.29) is 6.10 Å². The van der Waals surface area contributed by atoms with Gasteiger partial charge in [0.05, 0.1) is 12.8 Å². The van der Waals surface area contributed by atoms with Gasteiger partial charge in [-0.2, -0.15) is 0 Å². The molecule has 122 valence electrons. The van der Waals surface area contributed by atoms with Crippen LogP contribution in [0.15, 0.2) is 36.4 Å². The quantitative estimate of drug-likeness (QED) is 0.864. The summed E-state index contributed by atoms with van der Waals surface area (Å²) in [5, 5.41) is 0. The van der Waals surface area contributed by atoms with Crippen molar-refractivity contribution in [1.82, 2.24) is 9.88 Å². The highest BCUT2D eigenvalue weighted by Gasteiger charge is 2.22. The lowest BCUT2D eigenvalue weighted by molar-refractivity contribution is 0.138. The zero-order valence-corrected chi connectivity index (χ0v) is 14.1. The summed E-state index contributed by atoms with van der Waals surface area (Å²) in [7, 11) is 1.70. The molecule has 0 bridgehead atoms. The first-order valence-corrected chi connectivity index (χ1v) is 8.16. The fraction of sp³-hybridized carbons (Fsp3) is 0.421. The Morgan fingerprint density at radius 3 is 2.91 bits per heavy atom. The molecule has 0 saturated heterocycles. The fourth-order valence-electron chi connectivity index (χ4n) is 2.98. The third-order valence-corrected chi connectivity index (χ3v) is 4.20. The second-order valence-corrected chi connectivity index (χ2v) is 6.06. The predicted molar refractivity (Wildman–Crippen MR) is 90.8 cm³/mol. The number of rotatable bonds is 4. The van der Waals surface area contributed by atoms with Crippen molar-refractivity contribution in [2.45, 2.75) is 39.5 Å². The zero-order valence-electron chi connectivity index (χ0n) is 14.1. The van der Waals surface area contributed by atoms with Gasteiger partial charge in [0.1, 0.15) is 17.6 Å². The Morgan fingerprint density at radius 2 is 2.17 bits per heavy atom. The largest absolute Gasteiger partial charge is 0.497 e. The van der Waals surface area contributed by atoms with E-state index < -0.39 is 0 Å². The van der Waals surface area contributed by atoms with Crippen LogP contribution in [0.5, 0.6) is 11.5 Å². The Labute approximate surface area is 138 Å². The topological polar surface area (TPSA) is 34.6 Å². The van der Waals surface area contributed by atoms with Crippen molar-refractivity contribution in [2.75, 3.05) is 13.7 Å². The molecular formula is C19H24N2O2. The van der Waals surface area contributed by atoms with Gasteiger partial charge in [-0.1, -0.05) is 13.0 Å². The number of ether oxygens (including phenoxy) is 2. The first-order valence-electron chi connectivity index (χ1n) is 8.16. The molecule has 1 aliphatic rings. The number of fused-ring (bicyclic) bond motifs is 1. The Kier molecular flexibility index (Phi) is 4.82. The summed E-state index contributed by atoms with van der Waals surface area (Å²) in [5.74, 6) is 1.84. The van der Waals surface area contributed by atoms with Crippen molar-refractivity contribution in [2.24, 2.45) is 0 Å². The van der Waals surface area contributed by atoms with E-state index in [9.17, 15) is 0 Å². The second-order valence-electron chi connectivity index (χ2n) is 6.06. The van der Waals surface area contributed by atoms with Crippen LogP contribution in [-0.4, -0.2) is 29.6 Å². The number of pyridine rings is 1. The van der Waals surface area contributed by atoms with Gasteiger partial charge in [-0.15, -0.1) is 0 Å². The van der Waals surface area contributed by atoms with E-state index in [0.29, 0.717) is 0 Å². The van der Waals surface area contributed by atoms with Gasteiger partial charge in [0.15, 0.2) is 0 Å². The average molecular weight is 312 g/mol. The van der Waals surface area contributed by atoms with Crippen LogP contribution in [0.2, 0.25) is 0 Å². The van der Waals surface area contributed by atoms with Crippen LogP contribution in [0.1, 0.15) is 30.3 Å². The van der Waals surface area contributed by atoms with Crippen molar-refractivity contribution in [3.63, 3.8) is 0 Å². The number of nitrogens with zero attached hydrogens (tertiary/aromatic N) is 2. The van der Waals surface area contributed by atoms with Gasteiger partial charge in [0.25, 0.3) is 0 Å². The predicted octanol–water partition coefficient (Wildman–Crippen LogP) is 3.57. The van der Waals surface area contributed by atoms with Crippen LogP contribution in [0, 0.1) is 6.92 Å². The van der Waals surface area contributed by atoms with E-state index in [0.717, 1.165) is 48.9 Å². The molecule has 0 N–H and O–H groups in total. The fourth-order valence-corrected chi connectivity index (χ4v) is 2.98. The lowest BCUT2D eigenvalue weighted by Crippen LogP contribution is -2.32. The third-order valence-electron chi connectivity index (χ3n) is 4.20. The van der Waals surface area contributed by atoms with Gasteiger partial charge in [0, 0.05) is 30.9 Å². The molecule has 0 unspecified atom stereocenters. The Hall–Kier alpha value is -2.07. The summed E-state index contributed by atoms with van der Waals surface area (Å²) in [4.78, 5) is 7.04. The molecule has 0 amide bonds. The minimum atomic E-state index is 0.203. The van der Waals surface area contributed by atoms with Crippen LogP contribution < -0.4 is 9.47 Å². The van der Waals surface area contributed by atoms with E-state index in [4.69, 9.17) is 9.47 Å². The minimum Gasteiger partial charge on any atom is -0.497 e. The van der Waals surface area contributed by atoms with Gasteiger partial charge in [-0.05, 0) is 43.7 Å². The molecule has 1 aromatic heterocycles. The van der Waals surface area contributed by atoms with Gasteiger partial charge < -0.3 is 9.47 Å². The lowest BCUT2D eigenvalue weighted by Gasteiger charge is -2.22. The minimum absolute atomic E-state index is 0.203. The van der Waals surface area contributed by atoms with Gasteiger partial charge in [0.2, 0.25) is 0 Å². The van der Waals surface area contributed by atoms with E-state index in [1.165, 1.54) is 5.56 Å². The molecule has 0 radical (unpaired) electrons. The first kappa shape index (κ1) is 15.8. The molecule has 0 aliphatic carbocycles. The smallest absolute Gasteiger partial charge is 0.124 e. The molecule has 0 saturated carbocycles. The van der Waals surface area contributed by atoms with Crippen LogP contribution in [0.3, 0.4) is 0 Å². The Balaban J connectivity index is 1.85. The van der Waals surface area contributed by atoms with Gasteiger partial charge in [-0.3, -0.25) is 9.88 Å². The summed E-state index contributed by atoms with van der Waals surface area (Å²) in [6, 6.07) is 12.2. The number of hydrogen-bond donors (Lipinski definition) is 0. The maximum Gasteiger partial charge on any atom is 0.124 e. The van der Waals surface area contributed by atoms with Crippen LogP contribution in [-0.2, 0) is 13.1 Å². The lowest BCUT2D eigenvalue weighted by atomic mass is 10.1. The molecule has 1 aliphatic heterocycles. The molecule has 4 nitrogen and oxygen atoms in total. The Morgan fingerprint density at radius 1 is 1.30 bits per heavy atom. The molecule has 1 atom stereocenters. The van der Waals surface area contributed by atoms with Crippen LogP contribution in [0.25, 0.3) is 0 Å². The molecular weight excluding hydrogens is 288 g/mol. The van der Waals surface area contributed by atoms with Crippen molar-refractivity contribution >= 4 is 0 Å². The summed E-state index contributed by atoms with van der Waals surface area (Å²) < 4.78 is 11.5. The van der Waals surface area contributed by atoms with Crippen LogP contribution >= 0.6 is 0 Å². The first-order chi connectivity index (χ1) is 11.2. The van der Waals surface area contributed by atoms with E-state index in [2.05, 4.69) is 35.0 Å². The van der Waals surface area contributed by atoms with E-state index in [1.807, 2.05) is 25.1 Å². The number of methoxy groups -OCH3 is 1. The van der Waals surface area contributed by atoms with Gasteiger partial charge >= 0.3 is 0 Å². The molecule has 0 fully saturated rings. The molecule has 4 heteroatoms. The monoisotopic (exact) mass is 312 g/mol. The highest BCUT2D eigenvalue weighted by atomic mass is 16.5. The summed E-state index contributed by atoms with van der Waals surface area (Å²) in [6.07, 6.45) is 1.19.